The predicted octanol–water partition coefficient (Wildman–Crippen LogP) is 5.52. The molecule has 4 heteroatoms. The number of fused-ring (bicyclic) bond motifs is 1. The molecular formula is C16H13Cl2NS. The van der Waals surface area contributed by atoms with E-state index < -0.39 is 0 Å². The summed E-state index contributed by atoms with van der Waals surface area (Å²) >= 11 is 14.2. The summed E-state index contributed by atoms with van der Waals surface area (Å²) in [5.41, 5.74) is 1.01. The molecule has 3 aromatic rings. The van der Waals surface area contributed by atoms with Crippen molar-refractivity contribution in [3.05, 3.63) is 69.0 Å². The van der Waals surface area contributed by atoms with Crippen molar-refractivity contribution >= 4 is 44.6 Å². The lowest BCUT2D eigenvalue weighted by atomic mass is 10.0. The van der Waals surface area contributed by atoms with Crippen molar-refractivity contribution in [3.8, 4) is 0 Å². The number of benzene rings is 2. The zero-order chi connectivity index (χ0) is 14.1. The SMILES string of the molecule is CNC(c1cc2ccccc2s1)c1cccc(Cl)c1Cl. The van der Waals surface area contributed by atoms with Gasteiger partial charge in [-0.3, -0.25) is 0 Å². The smallest absolute Gasteiger partial charge is 0.0684 e. The highest BCUT2D eigenvalue weighted by Crippen LogP contribution is 2.37. The average molecular weight is 322 g/mol. The van der Waals surface area contributed by atoms with Gasteiger partial charge in [0.2, 0.25) is 0 Å². The van der Waals surface area contributed by atoms with Crippen LogP contribution in [0.25, 0.3) is 10.1 Å². The highest BCUT2D eigenvalue weighted by atomic mass is 35.5. The summed E-state index contributed by atoms with van der Waals surface area (Å²) < 4.78 is 1.28. The van der Waals surface area contributed by atoms with Gasteiger partial charge in [-0.15, -0.1) is 11.3 Å². The maximum Gasteiger partial charge on any atom is 0.0684 e. The Bertz CT molecular complexity index is 718. The Kier molecular flexibility index (Phi) is 3.99. The van der Waals surface area contributed by atoms with Gasteiger partial charge in [0, 0.05) is 9.58 Å². The van der Waals surface area contributed by atoms with E-state index in [1.165, 1.54) is 15.0 Å². The first kappa shape index (κ1) is 13.9. The van der Waals surface area contributed by atoms with Gasteiger partial charge in [0.05, 0.1) is 16.1 Å². The fraction of sp³-hybridized carbons (Fsp3) is 0.125. The van der Waals surface area contributed by atoms with E-state index in [0.717, 1.165) is 5.56 Å². The van der Waals surface area contributed by atoms with Crippen LogP contribution < -0.4 is 5.32 Å². The Hall–Kier alpha value is -1.06. The third kappa shape index (κ3) is 2.45. The van der Waals surface area contributed by atoms with Gasteiger partial charge in [-0.1, -0.05) is 53.5 Å². The van der Waals surface area contributed by atoms with Crippen LogP contribution in [0.3, 0.4) is 0 Å². The molecule has 2 aromatic carbocycles. The van der Waals surface area contributed by atoms with E-state index >= 15 is 0 Å². The third-order valence-electron chi connectivity index (χ3n) is 3.31. The second-order valence-corrected chi connectivity index (χ2v) is 6.45. The molecule has 3 rings (SSSR count). The number of halogens is 2. The van der Waals surface area contributed by atoms with Crippen molar-refractivity contribution in [3.63, 3.8) is 0 Å². The summed E-state index contributed by atoms with van der Waals surface area (Å²) in [5, 5.41) is 5.79. The Morgan fingerprint density at radius 2 is 1.85 bits per heavy atom. The van der Waals surface area contributed by atoms with Crippen LogP contribution in [0.15, 0.2) is 48.5 Å². The summed E-state index contributed by atoms with van der Waals surface area (Å²) in [6.07, 6.45) is 0. The highest BCUT2D eigenvalue weighted by Gasteiger charge is 2.18. The Balaban J connectivity index is 2.11. The van der Waals surface area contributed by atoms with Crippen LogP contribution in [0.5, 0.6) is 0 Å². The van der Waals surface area contributed by atoms with Gasteiger partial charge in [0.15, 0.2) is 0 Å². The number of hydrogen-bond acceptors (Lipinski definition) is 2. The topological polar surface area (TPSA) is 12.0 Å². The maximum atomic E-state index is 6.35. The Morgan fingerprint density at radius 3 is 2.60 bits per heavy atom. The van der Waals surface area contributed by atoms with E-state index in [2.05, 4.69) is 35.6 Å². The molecule has 0 saturated carbocycles. The van der Waals surface area contributed by atoms with Crippen molar-refractivity contribution in [2.75, 3.05) is 7.05 Å². The fourth-order valence-corrected chi connectivity index (χ4v) is 3.95. The molecule has 0 aliphatic rings. The van der Waals surface area contributed by atoms with Crippen molar-refractivity contribution < 1.29 is 0 Å². The van der Waals surface area contributed by atoms with E-state index in [0.29, 0.717) is 10.0 Å². The van der Waals surface area contributed by atoms with Crippen molar-refractivity contribution in [2.45, 2.75) is 6.04 Å². The lowest BCUT2D eigenvalue weighted by Crippen LogP contribution is -2.16. The number of thiophene rings is 1. The van der Waals surface area contributed by atoms with Crippen LogP contribution in [-0.4, -0.2) is 7.05 Å². The van der Waals surface area contributed by atoms with Gasteiger partial charge < -0.3 is 5.32 Å². The zero-order valence-electron chi connectivity index (χ0n) is 10.9. The molecule has 0 fully saturated rings. The number of rotatable bonds is 3. The molecule has 1 heterocycles. The molecule has 20 heavy (non-hydrogen) atoms. The highest BCUT2D eigenvalue weighted by molar-refractivity contribution is 7.19. The molecule has 1 N–H and O–H groups in total. The first-order valence-electron chi connectivity index (χ1n) is 6.30. The summed E-state index contributed by atoms with van der Waals surface area (Å²) in [6, 6.07) is 16.4. The predicted molar refractivity (Wildman–Crippen MR) is 89.2 cm³/mol. The summed E-state index contributed by atoms with van der Waals surface area (Å²) in [4.78, 5) is 1.23. The van der Waals surface area contributed by atoms with Gasteiger partial charge in [-0.2, -0.15) is 0 Å². The monoisotopic (exact) mass is 321 g/mol. The molecular weight excluding hydrogens is 309 g/mol. The standard InChI is InChI=1S/C16H13Cl2NS/c1-19-16(11-6-4-7-12(17)15(11)18)14-9-10-5-2-3-8-13(10)20-14/h2-9,16,19H,1H3. The maximum absolute atomic E-state index is 6.35. The van der Waals surface area contributed by atoms with Gasteiger partial charge in [-0.25, -0.2) is 0 Å². The van der Waals surface area contributed by atoms with Crippen LogP contribution in [0.1, 0.15) is 16.5 Å². The molecule has 1 unspecified atom stereocenters. The minimum atomic E-state index is 0.0543. The van der Waals surface area contributed by atoms with Gasteiger partial charge in [0.25, 0.3) is 0 Å². The largest absolute Gasteiger partial charge is 0.309 e. The minimum absolute atomic E-state index is 0.0543. The summed E-state index contributed by atoms with van der Waals surface area (Å²) in [6.45, 7) is 0. The van der Waals surface area contributed by atoms with E-state index in [4.69, 9.17) is 23.2 Å². The van der Waals surface area contributed by atoms with E-state index in [1.807, 2.05) is 25.2 Å². The normalized spacial score (nSPS) is 12.8. The molecule has 0 aliphatic heterocycles. The fourth-order valence-electron chi connectivity index (χ4n) is 2.34. The molecule has 0 bridgehead atoms. The van der Waals surface area contributed by atoms with Crippen LogP contribution in [0, 0.1) is 0 Å². The van der Waals surface area contributed by atoms with E-state index in [-0.39, 0.29) is 6.04 Å². The number of hydrogen-bond donors (Lipinski definition) is 1. The second kappa shape index (κ2) is 5.74. The molecule has 0 amide bonds. The number of nitrogens with one attached hydrogen (secondary N) is 1. The molecule has 1 nitrogen and oxygen atoms in total. The molecule has 1 atom stereocenters. The first-order chi connectivity index (χ1) is 9.70. The van der Waals surface area contributed by atoms with Gasteiger partial charge in [-0.05, 0) is 36.2 Å². The first-order valence-corrected chi connectivity index (χ1v) is 7.87. The van der Waals surface area contributed by atoms with Crippen LogP contribution in [0.2, 0.25) is 10.0 Å². The summed E-state index contributed by atoms with van der Waals surface area (Å²) in [5.74, 6) is 0. The van der Waals surface area contributed by atoms with Crippen LogP contribution >= 0.6 is 34.5 Å². The third-order valence-corrected chi connectivity index (χ3v) is 5.32. The van der Waals surface area contributed by atoms with Crippen molar-refractivity contribution in [2.24, 2.45) is 0 Å². The summed E-state index contributed by atoms with van der Waals surface area (Å²) in [7, 11) is 1.94. The molecule has 102 valence electrons. The lowest BCUT2D eigenvalue weighted by Gasteiger charge is -2.17. The van der Waals surface area contributed by atoms with Crippen LogP contribution in [-0.2, 0) is 0 Å². The van der Waals surface area contributed by atoms with E-state index in [1.54, 1.807) is 11.3 Å². The molecule has 0 aliphatic carbocycles. The minimum Gasteiger partial charge on any atom is -0.309 e. The van der Waals surface area contributed by atoms with Gasteiger partial charge >= 0.3 is 0 Å². The van der Waals surface area contributed by atoms with Crippen molar-refractivity contribution in [1.82, 2.24) is 5.32 Å². The van der Waals surface area contributed by atoms with Crippen molar-refractivity contribution in [1.29, 1.82) is 0 Å². The second-order valence-electron chi connectivity index (χ2n) is 4.55. The zero-order valence-corrected chi connectivity index (χ0v) is 13.2. The van der Waals surface area contributed by atoms with E-state index in [9.17, 15) is 0 Å². The molecule has 0 saturated heterocycles. The Morgan fingerprint density at radius 1 is 1.05 bits per heavy atom. The molecule has 1 aromatic heterocycles. The van der Waals surface area contributed by atoms with Gasteiger partial charge in [0.1, 0.15) is 0 Å². The lowest BCUT2D eigenvalue weighted by molar-refractivity contribution is 0.704. The Labute approximate surface area is 132 Å². The quantitative estimate of drug-likeness (QED) is 0.670. The average Bonchev–Trinajstić information content (AvgIpc) is 2.87. The molecule has 0 radical (unpaired) electrons. The molecule has 0 spiro atoms. The van der Waals surface area contributed by atoms with Crippen LogP contribution in [0.4, 0.5) is 0 Å².